The fourth-order valence-electron chi connectivity index (χ4n) is 2.02. The van der Waals surface area contributed by atoms with Gasteiger partial charge in [0.05, 0.1) is 12.1 Å². The van der Waals surface area contributed by atoms with Gasteiger partial charge >= 0.3 is 0 Å². The van der Waals surface area contributed by atoms with E-state index in [4.69, 9.17) is 0 Å². The molecule has 2 aliphatic rings. The van der Waals surface area contributed by atoms with Crippen molar-refractivity contribution in [1.29, 1.82) is 0 Å². The number of hydrogen-bond acceptors (Lipinski definition) is 2. The molecule has 1 unspecified atom stereocenters. The molecule has 1 fully saturated rings. The lowest BCUT2D eigenvalue weighted by molar-refractivity contribution is 0.147. The molecule has 0 aromatic heterocycles. The molecule has 0 aliphatic carbocycles. The van der Waals surface area contributed by atoms with Crippen LogP contribution in [-0.4, -0.2) is 35.2 Å². The van der Waals surface area contributed by atoms with Crippen LogP contribution in [0, 0.1) is 0 Å². The zero-order valence-corrected chi connectivity index (χ0v) is 6.25. The SMILES string of the molecule is CC1=CCN2CC[C@@H](O)C12. The first-order valence-corrected chi connectivity index (χ1v) is 3.88. The van der Waals surface area contributed by atoms with Crippen molar-refractivity contribution < 1.29 is 5.11 Å². The lowest BCUT2D eigenvalue weighted by atomic mass is 10.1. The highest BCUT2D eigenvalue weighted by Crippen LogP contribution is 2.28. The summed E-state index contributed by atoms with van der Waals surface area (Å²) < 4.78 is 0. The summed E-state index contributed by atoms with van der Waals surface area (Å²) in [7, 11) is 0. The Bertz CT molecular complexity index is 176. The quantitative estimate of drug-likeness (QED) is 0.490. The van der Waals surface area contributed by atoms with Crippen LogP contribution in [0.4, 0.5) is 0 Å². The van der Waals surface area contributed by atoms with E-state index >= 15 is 0 Å². The van der Waals surface area contributed by atoms with Gasteiger partial charge in [0.1, 0.15) is 0 Å². The summed E-state index contributed by atoms with van der Waals surface area (Å²) >= 11 is 0. The van der Waals surface area contributed by atoms with Crippen LogP contribution in [0.5, 0.6) is 0 Å². The van der Waals surface area contributed by atoms with E-state index < -0.39 is 0 Å². The summed E-state index contributed by atoms with van der Waals surface area (Å²) in [5.74, 6) is 0. The highest BCUT2D eigenvalue weighted by atomic mass is 16.3. The van der Waals surface area contributed by atoms with Gasteiger partial charge in [0.15, 0.2) is 0 Å². The standard InChI is InChI=1S/C8H13NO/c1-6-2-4-9-5-3-7(10)8(6)9/h2,7-8,10H,3-5H2,1H3/t7-,8?/m1/s1. The van der Waals surface area contributed by atoms with Gasteiger partial charge in [-0.3, -0.25) is 4.90 Å². The molecule has 0 bridgehead atoms. The lowest BCUT2D eigenvalue weighted by Gasteiger charge is -2.18. The molecule has 0 aromatic rings. The van der Waals surface area contributed by atoms with Crippen LogP contribution >= 0.6 is 0 Å². The Hall–Kier alpha value is -0.340. The third-order valence-electron chi connectivity index (χ3n) is 2.58. The van der Waals surface area contributed by atoms with Gasteiger partial charge in [-0.25, -0.2) is 0 Å². The fourth-order valence-corrected chi connectivity index (χ4v) is 2.02. The Morgan fingerprint density at radius 2 is 2.50 bits per heavy atom. The highest BCUT2D eigenvalue weighted by molar-refractivity contribution is 5.20. The van der Waals surface area contributed by atoms with Crippen molar-refractivity contribution in [1.82, 2.24) is 4.90 Å². The van der Waals surface area contributed by atoms with E-state index in [0.717, 1.165) is 19.5 Å². The van der Waals surface area contributed by atoms with Crippen molar-refractivity contribution in [3.63, 3.8) is 0 Å². The summed E-state index contributed by atoms with van der Waals surface area (Å²) in [5.41, 5.74) is 1.35. The van der Waals surface area contributed by atoms with E-state index in [0.29, 0.717) is 6.04 Å². The van der Waals surface area contributed by atoms with Crippen LogP contribution in [-0.2, 0) is 0 Å². The average Bonchev–Trinajstić information content (AvgIpc) is 2.40. The van der Waals surface area contributed by atoms with Crippen LogP contribution in [0.25, 0.3) is 0 Å². The van der Waals surface area contributed by atoms with Crippen LogP contribution in [0.15, 0.2) is 11.6 Å². The molecule has 0 saturated carbocycles. The average molecular weight is 139 g/mol. The van der Waals surface area contributed by atoms with E-state index in [9.17, 15) is 5.11 Å². The van der Waals surface area contributed by atoms with E-state index in [-0.39, 0.29) is 6.10 Å². The molecular formula is C8H13NO. The van der Waals surface area contributed by atoms with Crippen LogP contribution < -0.4 is 0 Å². The number of rotatable bonds is 0. The first kappa shape index (κ1) is 6.38. The minimum absolute atomic E-state index is 0.0984. The predicted molar refractivity (Wildman–Crippen MR) is 39.7 cm³/mol. The van der Waals surface area contributed by atoms with Crippen LogP contribution in [0.2, 0.25) is 0 Å². The minimum atomic E-state index is -0.0984. The molecule has 0 amide bonds. The van der Waals surface area contributed by atoms with Crippen molar-refractivity contribution in [3.05, 3.63) is 11.6 Å². The first-order valence-electron chi connectivity index (χ1n) is 3.88. The normalized spacial score (nSPS) is 40.0. The zero-order valence-electron chi connectivity index (χ0n) is 6.25. The maximum Gasteiger partial charge on any atom is 0.0745 e. The summed E-state index contributed by atoms with van der Waals surface area (Å²) in [4.78, 5) is 2.33. The largest absolute Gasteiger partial charge is 0.391 e. The smallest absolute Gasteiger partial charge is 0.0745 e. The molecule has 0 radical (unpaired) electrons. The molecule has 2 nitrogen and oxygen atoms in total. The number of fused-ring (bicyclic) bond motifs is 1. The van der Waals surface area contributed by atoms with E-state index in [1.165, 1.54) is 5.57 Å². The van der Waals surface area contributed by atoms with Gasteiger partial charge in [-0.2, -0.15) is 0 Å². The lowest BCUT2D eigenvalue weighted by Crippen LogP contribution is -2.31. The Balaban J connectivity index is 2.20. The molecular weight excluding hydrogens is 126 g/mol. The molecule has 2 atom stereocenters. The molecule has 2 heterocycles. The van der Waals surface area contributed by atoms with E-state index in [1.807, 2.05) is 0 Å². The highest BCUT2D eigenvalue weighted by Gasteiger charge is 2.36. The Morgan fingerprint density at radius 3 is 3.20 bits per heavy atom. The monoisotopic (exact) mass is 139 g/mol. The second kappa shape index (κ2) is 2.07. The van der Waals surface area contributed by atoms with Gasteiger partial charge in [-0.05, 0) is 13.3 Å². The van der Waals surface area contributed by atoms with E-state index in [1.54, 1.807) is 0 Å². The Kier molecular flexibility index (Phi) is 1.32. The number of aliphatic hydroxyl groups is 1. The summed E-state index contributed by atoms with van der Waals surface area (Å²) in [6.07, 6.45) is 3.07. The van der Waals surface area contributed by atoms with Gasteiger partial charge in [0.25, 0.3) is 0 Å². The zero-order chi connectivity index (χ0) is 7.14. The third kappa shape index (κ3) is 0.724. The molecule has 2 aliphatic heterocycles. The van der Waals surface area contributed by atoms with Crippen LogP contribution in [0.3, 0.4) is 0 Å². The molecule has 2 heteroatoms. The molecule has 10 heavy (non-hydrogen) atoms. The molecule has 56 valence electrons. The molecule has 1 saturated heterocycles. The van der Waals surface area contributed by atoms with Gasteiger partial charge in [-0.1, -0.05) is 11.6 Å². The van der Waals surface area contributed by atoms with Gasteiger partial charge in [0.2, 0.25) is 0 Å². The van der Waals surface area contributed by atoms with Gasteiger partial charge in [0, 0.05) is 13.1 Å². The van der Waals surface area contributed by atoms with Crippen molar-refractivity contribution in [3.8, 4) is 0 Å². The minimum Gasteiger partial charge on any atom is -0.391 e. The maximum atomic E-state index is 9.49. The second-order valence-electron chi connectivity index (χ2n) is 3.24. The number of nitrogens with zero attached hydrogens (tertiary/aromatic N) is 1. The molecule has 0 spiro atoms. The summed E-state index contributed by atoms with van der Waals surface area (Å²) in [5, 5.41) is 9.49. The maximum absolute atomic E-state index is 9.49. The Labute approximate surface area is 61.1 Å². The van der Waals surface area contributed by atoms with Crippen LogP contribution in [0.1, 0.15) is 13.3 Å². The fraction of sp³-hybridized carbons (Fsp3) is 0.750. The number of hydrogen-bond donors (Lipinski definition) is 1. The van der Waals surface area contributed by atoms with E-state index in [2.05, 4.69) is 17.9 Å². The molecule has 0 aromatic carbocycles. The topological polar surface area (TPSA) is 23.5 Å². The molecule has 1 N–H and O–H groups in total. The summed E-state index contributed by atoms with van der Waals surface area (Å²) in [6, 6.07) is 0.361. The van der Waals surface area contributed by atoms with Gasteiger partial charge in [-0.15, -0.1) is 0 Å². The number of aliphatic hydroxyl groups excluding tert-OH is 1. The van der Waals surface area contributed by atoms with Gasteiger partial charge < -0.3 is 5.11 Å². The van der Waals surface area contributed by atoms with Crippen molar-refractivity contribution in [2.75, 3.05) is 13.1 Å². The third-order valence-corrected chi connectivity index (χ3v) is 2.58. The Morgan fingerprint density at radius 1 is 1.70 bits per heavy atom. The van der Waals surface area contributed by atoms with Crippen molar-refractivity contribution in [2.24, 2.45) is 0 Å². The second-order valence-corrected chi connectivity index (χ2v) is 3.24. The summed E-state index contributed by atoms with van der Waals surface area (Å²) in [6.45, 7) is 4.23. The van der Waals surface area contributed by atoms with Crippen molar-refractivity contribution >= 4 is 0 Å². The van der Waals surface area contributed by atoms with Crippen molar-refractivity contribution in [2.45, 2.75) is 25.5 Å². The molecule has 2 rings (SSSR count). The predicted octanol–water partition coefficient (Wildman–Crippen LogP) is 0.382. The first-order chi connectivity index (χ1) is 4.79.